The molecule has 0 radical (unpaired) electrons. The number of aromatic carboxylic acids is 1. The van der Waals surface area contributed by atoms with Crippen molar-refractivity contribution in [3.8, 4) is 5.69 Å². The van der Waals surface area contributed by atoms with Crippen LogP contribution in [0.1, 0.15) is 42.5 Å². The summed E-state index contributed by atoms with van der Waals surface area (Å²) in [6, 6.07) is 8.99. The number of carbonyl (C=O) groups is 1. The second kappa shape index (κ2) is 5.16. The van der Waals surface area contributed by atoms with Crippen molar-refractivity contribution in [1.29, 1.82) is 0 Å². The van der Waals surface area contributed by atoms with Crippen molar-refractivity contribution in [2.24, 2.45) is 0 Å². The maximum absolute atomic E-state index is 11.6. The fourth-order valence-corrected chi connectivity index (χ4v) is 2.06. The molecule has 0 saturated heterocycles. The van der Waals surface area contributed by atoms with Crippen LogP contribution in [0.2, 0.25) is 0 Å². The predicted molar refractivity (Wildman–Crippen MR) is 80.2 cm³/mol. The van der Waals surface area contributed by atoms with E-state index in [2.05, 4.69) is 25.9 Å². The van der Waals surface area contributed by atoms with Crippen LogP contribution in [-0.2, 0) is 5.41 Å². The molecule has 0 spiro atoms. The summed E-state index contributed by atoms with van der Waals surface area (Å²) in [7, 11) is 0. The lowest BCUT2D eigenvalue weighted by Gasteiger charge is -2.19. The predicted octanol–water partition coefficient (Wildman–Crippen LogP) is 2.54. The van der Waals surface area contributed by atoms with Crippen LogP contribution in [-0.4, -0.2) is 20.9 Å². The van der Waals surface area contributed by atoms with E-state index in [0.717, 1.165) is 5.69 Å². The third-order valence-electron chi connectivity index (χ3n) is 3.29. The Kier molecular flexibility index (Phi) is 3.68. The summed E-state index contributed by atoms with van der Waals surface area (Å²) in [6.07, 6.45) is 0. The van der Waals surface area contributed by atoms with Gasteiger partial charge >= 0.3 is 5.97 Å². The number of aryl methyl sites for hydroxylation is 1. The van der Waals surface area contributed by atoms with Gasteiger partial charge in [0.2, 0.25) is 11.1 Å². The summed E-state index contributed by atoms with van der Waals surface area (Å²) >= 11 is 0. The van der Waals surface area contributed by atoms with E-state index in [1.165, 1.54) is 16.3 Å². The summed E-state index contributed by atoms with van der Waals surface area (Å²) in [6.45, 7) is 8.08. The van der Waals surface area contributed by atoms with Gasteiger partial charge in [-0.3, -0.25) is 4.79 Å². The zero-order valence-electron chi connectivity index (χ0n) is 12.5. The van der Waals surface area contributed by atoms with Gasteiger partial charge in [-0.25, -0.2) is 9.48 Å². The second-order valence-electron chi connectivity index (χ2n) is 6.01. The summed E-state index contributed by atoms with van der Waals surface area (Å²) < 4.78 is 1.47. The van der Waals surface area contributed by atoms with Gasteiger partial charge in [-0.05, 0) is 30.0 Å². The molecule has 0 bridgehead atoms. The first-order valence-corrected chi connectivity index (χ1v) is 6.65. The zero-order valence-corrected chi connectivity index (χ0v) is 12.5. The number of nitrogens with zero attached hydrogens (tertiary/aromatic N) is 2. The van der Waals surface area contributed by atoms with Gasteiger partial charge in [0.25, 0.3) is 0 Å². The molecule has 2 rings (SSSR count). The molecule has 0 atom stereocenters. The maximum atomic E-state index is 11.6. The highest BCUT2D eigenvalue weighted by Crippen LogP contribution is 2.23. The van der Waals surface area contributed by atoms with Gasteiger partial charge in [-0.1, -0.05) is 32.9 Å². The average molecular weight is 286 g/mol. The summed E-state index contributed by atoms with van der Waals surface area (Å²) in [4.78, 5) is 22.6. The minimum absolute atomic E-state index is 0.0385. The van der Waals surface area contributed by atoms with Crippen LogP contribution in [0, 0.1) is 6.92 Å². The Bertz CT molecular complexity index is 738. The van der Waals surface area contributed by atoms with Crippen LogP contribution < -0.4 is 5.43 Å². The quantitative estimate of drug-likeness (QED) is 0.920. The molecule has 2 aromatic rings. The normalized spacial score (nSPS) is 11.4. The Labute approximate surface area is 122 Å². The molecular formula is C16H18N2O3. The lowest BCUT2D eigenvalue weighted by molar-refractivity contribution is 0.0686. The highest BCUT2D eigenvalue weighted by atomic mass is 16.4. The van der Waals surface area contributed by atoms with E-state index in [0.29, 0.717) is 5.69 Å². The van der Waals surface area contributed by atoms with Crippen molar-refractivity contribution in [3.63, 3.8) is 0 Å². The molecule has 0 saturated carbocycles. The molecule has 1 aromatic carbocycles. The van der Waals surface area contributed by atoms with E-state index in [-0.39, 0.29) is 5.41 Å². The van der Waals surface area contributed by atoms with Crippen molar-refractivity contribution in [2.75, 3.05) is 0 Å². The highest BCUT2D eigenvalue weighted by Gasteiger charge is 2.15. The highest BCUT2D eigenvalue weighted by molar-refractivity contribution is 5.84. The number of benzene rings is 1. The van der Waals surface area contributed by atoms with E-state index >= 15 is 0 Å². The van der Waals surface area contributed by atoms with E-state index in [9.17, 15) is 9.59 Å². The van der Waals surface area contributed by atoms with Crippen LogP contribution in [0.4, 0.5) is 0 Å². The molecule has 0 aliphatic carbocycles. The molecule has 5 nitrogen and oxygen atoms in total. The van der Waals surface area contributed by atoms with E-state index in [1.54, 1.807) is 6.92 Å². The molecule has 0 unspecified atom stereocenters. The van der Waals surface area contributed by atoms with Crippen molar-refractivity contribution >= 4 is 5.97 Å². The fourth-order valence-electron chi connectivity index (χ4n) is 2.06. The third-order valence-corrected chi connectivity index (χ3v) is 3.29. The van der Waals surface area contributed by atoms with Gasteiger partial charge in [0.05, 0.1) is 5.69 Å². The molecule has 1 heterocycles. The fraction of sp³-hybridized carbons (Fsp3) is 0.312. The number of hydrogen-bond acceptors (Lipinski definition) is 3. The number of rotatable bonds is 2. The monoisotopic (exact) mass is 286 g/mol. The lowest BCUT2D eigenvalue weighted by Crippen LogP contribution is -2.22. The zero-order chi connectivity index (χ0) is 15.8. The SMILES string of the molecule is Cc1cc(=O)c(C(=O)O)nn1-c1ccc(C(C)(C)C)cc1. The third kappa shape index (κ3) is 3.02. The van der Waals surface area contributed by atoms with Gasteiger partial charge < -0.3 is 5.11 Å². The van der Waals surface area contributed by atoms with Crippen LogP contribution in [0.5, 0.6) is 0 Å². The first-order chi connectivity index (χ1) is 9.70. The number of aromatic nitrogens is 2. The van der Waals surface area contributed by atoms with Crippen LogP contribution >= 0.6 is 0 Å². The Morgan fingerprint density at radius 3 is 2.24 bits per heavy atom. The summed E-state index contributed by atoms with van der Waals surface area (Å²) in [5, 5.41) is 12.9. The summed E-state index contributed by atoms with van der Waals surface area (Å²) in [5.74, 6) is -1.32. The number of carboxylic acids is 1. The molecule has 1 aromatic heterocycles. The second-order valence-corrected chi connectivity index (χ2v) is 6.01. The van der Waals surface area contributed by atoms with Gasteiger partial charge in [-0.15, -0.1) is 0 Å². The van der Waals surface area contributed by atoms with Crippen molar-refractivity contribution in [2.45, 2.75) is 33.1 Å². The van der Waals surface area contributed by atoms with Gasteiger partial charge in [-0.2, -0.15) is 5.10 Å². The molecular weight excluding hydrogens is 268 g/mol. The molecule has 0 amide bonds. The molecule has 1 N–H and O–H groups in total. The van der Waals surface area contributed by atoms with Crippen LogP contribution in [0.3, 0.4) is 0 Å². The first kappa shape index (κ1) is 15.0. The topological polar surface area (TPSA) is 72.2 Å². The minimum atomic E-state index is -1.32. The minimum Gasteiger partial charge on any atom is -0.476 e. The number of carboxylic acid groups (broad SMARTS) is 1. The molecule has 0 aliphatic rings. The van der Waals surface area contributed by atoms with Gasteiger partial charge in [0, 0.05) is 11.8 Å². The van der Waals surface area contributed by atoms with Gasteiger partial charge in [0.15, 0.2) is 0 Å². The first-order valence-electron chi connectivity index (χ1n) is 6.65. The van der Waals surface area contributed by atoms with E-state index in [4.69, 9.17) is 5.11 Å². The maximum Gasteiger partial charge on any atom is 0.360 e. The van der Waals surface area contributed by atoms with Crippen molar-refractivity contribution < 1.29 is 9.90 Å². The van der Waals surface area contributed by atoms with Crippen molar-refractivity contribution in [1.82, 2.24) is 9.78 Å². The lowest BCUT2D eigenvalue weighted by atomic mass is 9.87. The van der Waals surface area contributed by atoms with Gasteiger partial charge in [0.1, 0.15) is 0 Å². The van der Waals surface area contributed by atoms with Crippen LogP contribution in [0.25, 0.3) is 5.69 Å². The molecule has 5 heteroatoms. The standard InChI is InChI=1S/C16H18N2O3/c1-10-9-13(19)14(15(20)21)17-18(10)12-7-5-11(6-8-12)16(2,3)4/h5-9H,1-4H3,(H,20,21). The molecule has 0 aliphatic heterocycles. The molecule has 0 fully saturated rings. The largest absolute Gasteiger partial charge is 0.476 e. The Hall–Kier alpha value is -2.43. The number of hydrogen-bond donors (Lipinski definition) is 1. The summed E-state index contributed by atoms with van der Waals surface area (Å²) in [5.41, 5.74) is 1.47. The van der Waals surface area contributed by atoms with Crippen molar-refractivity contribution in [3.05, 3.63) is 57.5 Å². The molecule has 21 heavy (non-hydrogen) atoms. The Morgan fingerprint density at radius 2 is 1.76 bits per heavy atom. The average Bonchev–Trinajstić information content (AvgIpc) is 2.37. The van der Waals surface area contributed by atoms with E-state index in [1.807, 2.05) is 24.3 Å². The molecule has 110 valence electrons. The van der Waals surface area contributed by atoms with Crippen LogP contribution in [0.15, 0.2) is 35.1 Å². The smallest absolute Gasteiger partial charge is 0.360 e. The Morgan fingerprint density at radius 1 is 1.19 bits per heavy atom. The Balaban J connectivity index is 2.54. The van der Waals surface area contributed by atoms with E-state index < -0.39 is 17.1 Å².